The molecule has 2 aliphatic rings. The van der Waals surface area contributed by atoms with Crippen LogP contribution in [-0.4, -0.2) is 54.8 Å². The van der Waals surface area contributed by atoms with Gasteiger partial charge in [0.2, 0.25) is 5.91 Å². The molecule has 28 heavy (non-hydrogen) atoms. The first-order chi connectivity index (χ1) is 13.5. The van der Waals surface area contributed by atoms with Crippen molar-refractivity contribution in [1.82, 2.24) is 15.1 Å². The minimum Gasteiger partial charge on any atom is -0.465 e. The molecule has 0 unspecified atom stereocenters. The van der Waals surface area contributed by atoms with Gasteiger partial charge in [0.15, 0.2) is 0 Å². The number of furan rings is 1. The van der Waals surface area contributed by atoms with E-state index in [1.165, 1.54) is 0 Å². The number of hydrogen-bond donors (Lipinski definition) is 1. The number of carbonyl (C=O) groups is 2. The largest absolute Gasteiger partial charge is 0.465 e. The first-order valence-electron chi connectivity index (χ1n) is 9.83. The standard InChI is InChI=1S/C22H27N3O3/c1-16-8-9-18(28-16)12-23-20(26)19-13-25(15-22(19)10-11-24(2)14-22)21(27)17-6-4-3-5-7-17/h3-9,19H,10-15H2,1-2H3,(H,23,26)/t19-,22+/m0/s1. The average Bonchev–Trinajstić information content (AvgIpc) is 3.39. The molecule has 6 heteroatoms. The van der Waals surface area contributed by atoms with Crippen molar-refractivity contribution in [2.45, 2.75) is 19.9 Å². The number of carbonyl (C=O) groups excluding carboxylic acids is 2. The topological polar surface area (TPSA) is 65.8 Å². The second-order valence-corrected chi connectivity index (χ2v) is 8.18. The van der Waals surface area contributed by atoms with E-state index in [0.29, 0.717) is 25.2 Å². The third kappa shape index (κ3) is 3.56. The maximum Gasteiger partial charge on any atom is 0.253 e. The molecule has 0 saturated carbocycles. The van der Waals surface area contributed by atoms with E-state index in [2.05, 4.69) is 17.3 Å². The zero-order valence-corrected chi connectivity index (χ0v) is 16.5. The second-order valence-electron chi connectivity index (χ2n) is 8.18. The quantitative estimate of drug-likeness (QED) is 0.883. The lowest BCUT2D eigenvalue weighted by Crippen LogP contribution is -2.42. The van der Waals surface area contributed by atoms with E-state index >= 15 is 0 Å². The van der Waals surface area contributed by atoms with Gasteiger partial charge in [0.25, 0.3) is 5.91 Å². The Labute approximate surface area is 165 Å². The molecule has 2 fully saturated rings. The zero-order valence-electron chi connectivity index (χ0n) is 16.5. The summed E-state index contributed by atoms with van der Waals surface area (Å²) in [5, 5.41) is 3.03. The molecule has 148 valence electrons. The fraction of sp³-hybridized carbons (Fsp3) is 0.455. The first-order valence-corrected chi connectivity index (χ1v) is 9.83. The lowest BCUT2D eigenvalue weighted by molar-refractivity contribution is -0.127. The van der Waals surface area contributed by atoms with Crippen LogP contribution in [0.5, 0.6) is 0 Å². The van der Waals surface area contributed by atoms with Crippen molar-refractivity contribution in [3.05, 3.63) is 59.5 Å². The maximum atomic E-state index is 13.1. The van der Waals surface area contributed by atoms with Gasteiger partial charge < -0.3 is 19.5 Å². The van der Waals surface area contributed by atoms with E-state index in [-0.39, 0.29) is 23.1 Å². The van der Waals surface area contributed by atoms with Gasteiger partial charge in [-0.15, -0.1) is 0 Å². The van der Waals surface area contributed by atoms with Crippen molar-refractivity contribution in [2.75, 3.05) is 33.2 Å². The van der Waals surface area contributed by atoms with Crippen LogP contribution in [0, 0.1) is 18.3 Å². The molecule has 0 radical (unpaired) electrons. The van der Waals surface area contributed by atoms with E-state index < -0.39 is 0 Å². The monoisotopic (exact) mass is 381 g/mol. The smallest absolute Gasteiger partial charge is 0.253 e. The van der Waals surface area contributed by atoms with Crippen LogP contribution in [0.15, 0.2) is 46.9 Å². The third-order valence-corrected chi connectivity index (χ3v) is 6.08. The molecular formula is C22H27N3O3. The van der Waals surface area contributed by atoms with E-state index in [1.807, 2.05) is 54.3 Å². The lowest BCUT2D eigenvalue weighted by atomic mass is 9.77. The molecule has 1 spiro atoms. The lowest BCUT2D eigenvalue weighted by Gasteiger charge is -2.28. The summed E-state index contributed by atoms with van der Waals surface area (Å²) in [6.45, 7) is 5.14. The van der Waals surface area contributed by atoms with Crippen molar-refractivity contribution in [2.24, 2.45) is 11.3 Å². The minimum absolute atomic E-state index is 0.00601. The summed E-state index contributed by atoms with van der Waals surface area (Å²) in [5.41, 5.74) is 0.499. The molecule has 2 aromatic rings. The Kier molecular flexibility index (Phi) is 4.98. The van der Waals surface area contributed by atoms with E-state index in [1.54, 1.807) is 0 Å². The van der Waals surface area contributed by atoms with Gasteiger partial charge >= 0.3 is 0 Å². The Bertz CT molecular complexity index is 863. The van der Waals surface area contributed by atoms with E-state index in [9.17, 15) is 9.59 Å². The number of aryl methyl sites for hydroxylation is 1. The van der Waals surface area contributed by atoms with Gasteiger partial charge in [-0.1, -0.05) is 18.2 Å². The highest BCUT2D eigenvalue weighted by Crippen LogP contribution is 2.44. The second kappa shape index (κ2) is 7.43. The molecule has 6 nitrogen and oxygen atoms in total. The minimum atomic E-state index is -0.207. The third-order valence-electron chi connectivity index (χ3n) is 6.08. The predicted octanol–water partition coefficient (Wildman–Crippen LogP) is 2.30. The van der Waals surface area contributed by atoms with Gasteiger partial charge in [-0.3, -0.25) is 9.59 Å². The molecule has 2 aliphatic heterocycles. The van der Waals surface area contributed by atoms with Crippen molar-refractivity contribution in [1.29, 1.82) is 0 Å². The average molecular weight is 381 g/mol. The molecule has 4 rings (SSSR count). The number of rotatable bonds is 4. The van der Waals surface area contributed by atoms with E-state index in [0.717, 1.165) is 31.0 Å². The van der Waals surface area contributed by atoms with Gasteiger partial charge in [0, 0.05) is 30.6 Å². The highest BCUT2D eigenvalue weighted by molar-refractivity contribution is 5.95. The van der Waals surface area contributed by atoms with Crippen LogP contribution >= 0.6 is 0 Å². The normalized spacial score (nSPS) is 24.8. The Balaban J connectivity index is 1.50. The Morgan fingerprint density at radius 2 is 1.96 bits per heavy atom. The van der Waals surface area contributed by atoms with Crippen molar-refractivity contribution in [3.8, 4) is 0 Å². The van der Waals surface area contributed by atoms with E-state index in [4.69, 9.17) is 4.42 Å². The van der Waals surface area contributed by atoms with Gasteiger partial charge in [-0.05, 0) is 51.2 Å². The summed E-state index contributed by atoms with van der Waals surface area (Å²) in [4.78, 5) is 30.2. The van der Waals surface area contributed by atoms with Crippen LogP contribution in [-0.2, 0) is 11.3 Å². The van der Waals surface area contributed by atoms with Crippen LogP contribution in [0.3, 0.4) is 0 Å². The summed E-state index contributed by atoms with van der Waals surface area (Å²) in [6.07, 6.45) is 0.931. The molecule has 1 N–H and O–H groups in total. The van der Waals surface area contributed by atoms with Crippen LogP contribution in [0.2, 0.25) is 0 Å². The fourth-order valence-electron chi connectivity index (χ4n) is 4.65. The molecule has 0 aliphatic carbocycles. The van der Waals surface area contributed by atoms with Crippen molar-refractivity contribution < 1.29 is 14.0 Å². The van der Waals surface area contributed by atoms with Gasteiger partial charge in [-0.25, -0.2) is 0 Å². The maximum absolute atomic E-state index is 13.1. The fourth-order valence-corrected chi connectivity index (χ4v) is 4.65. The predicted molar refractivity (Wildman–Crippen MR) is 106 cm³/mol. The van der Waals surface area contributed by atoms with Crippen molar-refractivity contribution in [3.63, 3.8) is 0 Å². The Morgan fingerprint density at radius 1 is 1.18 bits per heavy atom. The van der Waals surface area contributed by atoms with Gasteiger partial charge in [0.1, 0.15) is 11.5 Å². The number of amides is 2. The molecule has 2 amide bonds. The molecule has 0 bridgehead atoms. The van der Waals surface area contributed by atoms with Gasteiger partial charge in [-0.2, -0.15) is 0 Å². The number of likely N-dealkylation sites (tertiary alicyclic amines) is 2. The van der Waals surface area contributed by atoms with Crippen molar-refractivity contribution >= 4 is 11.8 Å². The van der Waals surface area contributed by atoms with Crippen LogP contribution in [0.25, 0.3) is 0 Å². The number of hydrogen-bond acceptors (Lipinski definition) is 4. The molecule has 3 heterocycles. The van der Waals surface area contributed by atoms with Crippen LogP contribution in [0.1, 0.15) is 28.3 Å². The molecule has 2 saturated heterocycles. The van der Waals surface area contributed by atoms with Crippen LogP contribution < -0.4 is 5.32 Å². The Morgan fingerprint density at radius 3 is 2.61 bits per heavy atom. The molecule has 1 aromatic carbocycles. The highest BCUT2D eigenvalue weighted by atomic mass is 16.3. The highest BCUT2D eigenvalue weighted by Gasteiger charge is 2.53. The first kappa shape index (κ1) is 18.7. The Hall–Kier alpha value is -2.60. The SMILES string of the molecule is Cc1ccc(CNC(=O)[C@@H]2CN(C(=O)c3ccccc3)C[C@]23CCN(C)C3)o1. The summed E-state index contributed by atoms with van der Waals surface area (Å²) in [7, 11) is 2.08. The van der Waals surface area contributed by atoms with Crippen LogP contribution in [0.4, 0.5) is 0 Å². The molecule has 2 atom stereocenters. The number of nitrogens with zero attached hydrogens (tertiary/aromatic N) is 2. The summed E-state index contributed by atoms with van der Waals surface area (Å²) in [5.74, 6) is 1.39. The zero-order chi connectivity index (χ0) is 19.7. The van der Waals surface area contributed by atoms with Gasteiger partial charge in [0.05, 0.1) is 12.5 Å². The number of benzene rings is 1. The summed E-state index contributed by atoms with van der Waals surface area (Å²) in [6, 6.07) is 13.1. The summed E-state index contributed by atoms with van der Waals surface area (Å²) < 4.78 is 5.56. The molecule has 1 aromatic heterocycles. The summed E-state index contributed by atoms with van der Waals surface area (Å²) >= 11 is 0. The number of nitrogens with one attached hydrogen (secondary N) is 1. The molecular weight excluding hydrogens is 354 g/mol.